The van der Waals surface area contributed by atoms with E-state index in [0.717, 1.165) is 29.7 Å². The zero-order valence-electron chi connectivity index (χ0n) is 16.6. The van der Waals surface area contributed by atoms with Crippen molar-refractivity contribution in [3.05, 3.63) is 51.9 Å². The summed E-state index contributed by atoms with van der Waals surface area (Å²) < 4.78 is 30.0. The van der Waals surface area contributed by atoms with E-state index < -0.39 is 27.5 Å². The lowest BCUT2D eigenvalue weighted by Crippen LogP contribution is -2.24. The van der Waals surface area contributed by atoms with Crippen molar-refractivity contribution < 1.29 is 22.7 Å². The lowest BCUT2D eigenvalue weighted by atomic mass is 9.88. The van der Waals surface area contributed by atoms with E-state index >= 15 is 0 Å². The van der Waals surface area contributed by atoms with Crippen LogP contribution in [0.2, 0.25) is 0 Å². The minimum absolute atomic E-state index is 0.204. The molecule has 1 atom stereocenters. The molecular weight excluding hydrogens is 410 g/mol. The minimum Gasteiger partial charge on any atom is -0.462 e. The summed E-state index contributed by atoms with van der Waals surface area (Å²) in [6.07, 6.45) is 2.56. The molecule has 0 radical (unpaired) electrons. The number of ether oxygens (including phenoxy) is 1. The van der Waals surface area contributed by atoms with Crippen LogP contribution in [-0.2, 0) is 38.0 Å². The molecule has 1 aliphatic carbocycles. The first kappa shape index (κ1) is 21.5. The van der Waals surface area contributed by atoms with Crippen LogP contribution in [0.1, 0.15) is 46.6 Å². The molecule has 3 rings (SSSR count). The molecule has 0 fully saturated rings. The van der Waals surface area contributed by atoms with Gasteiger partial charge in [-0.25, -0.2) is 13.2 Å². The van der Waals surface area contributed by atoms with Crippen LogP contribution in [0.15, 0.2) is 30.3 Å². The Bertz CT molecular complexity index is 996. The Morgan fingerprint density at radius 2 is 1.97 bits per heavy atom. The number of esters is 1. The molecular formula is C21H25NO5S2. The van der Waals surface area contributed by atoms with Crippen molar-refractivity contribution in [3.8, 4) is 0 Å². The van der Waals surface area contributed by atoms with Crippen molar-refractivity contribution in [2.45, 2.75) is 38.9 Å². The standard InChI is InChI=1S/C21H25NO5S2/c1-3-27-21(24)19-16-10-9-14(2)11-17(16)28-20(19)22-18(23)13-29(25,26)12-15-7-5-4-6-8-15/h4-8,14H,3,9-13H2,1-2H3,(H,22,23). The van der Waals surface area contributed by atoms with Crippen LogP contribution in [0, 0.1) is 5.92 Å². The number of amides is 1. The fourth-order valence-corrected chi connectivity index (χ4v) is 6.19. The van der Waals surface area contributed by atoms with Crippen LogP contribution in [0.25, 0.3) is 0 Å². The second kappa shape index (κ2) is 9.09. The van der Waals surface area contributed by atoms with Gasteiger partial charge >= 0.3 is 5.97 Å². The van der Waals surface area contributed by atoms with Crippen molar-refractivity contribution in [2.75, 3.05) is 17.7 Å². The first-order valence-electron chi connectivity index (χ1n) is 9.65. The van der Waals surface area contributed by atoms with Crippen LogP contribution >= 0.6 is 11.3 Å². The number of hydrogen-bond acceptors (Lipinski definition) is 6. The van der Waals surface area contributed by atoms with Gasteiger partial charge in [0.1, 0.15) is 10.8 Å². The van der Waals surface area contributed by atoms with Gasteiger partial charge in [-0.3, -0.25) is 4.79 Å². The molecule has 1 aromatic carbocycles. The van der Waals surface area contributed by atoms with Crippen LogP contribution in [-0.4, -0.2) is 32.7 Å². The molecule has 6 nitrogen and oxygen atoms in total. The minimum atomic E-state index is -3.63. The van der Waals surface area contributed by atoms with E-state index in [1.54, 1.807) is 37.3 Å². The van der Waals surface area contributed by atoms with Crippen molar-refractivity contribution in [1.82, 2.24) is 0 Å². The molecule has 2 aromatic rings. The van der Waals surface area contributed by atoms with Gasteiger partial charge < -0.3 is 10.1 Å². The summed E-state index contributed by atoms with van der Waals surface area (Å²) in [5.41, 5.74) is 1.94. The third-order valence-corrected chi connectivity index (χ3v) is 7.47. The number of thiophene rings is 1. The first-order chi connectivity index (χ1) is 13.8. The lowest BCUT2D eigenvalue weighted by Gasteiger charge is -2.18. The molecule has 1 amide bonds. The average Bonchev–Trinajstić information content (AvgIpc) is 2.98. The van der Waals surface area contributed by atoms with E-state index in [1.165, 1.54) is 11.3 Å². The fraction of sp³-hybridized carbons (Fsp3) is 0.429. The molecule has 8 heteroatoms. The molecule has 29 heavy (non-hydrogen) atoms. The van der Waals surface area contributed by atoms with Crippen LogP contribution in [0.5, 0.6) is 0 Å². The molecule has 0 bridgehead atoms. The fourth-order valence-electron chi connectivity index (χ4n) is 3.50. The van der Waals surface area contributed by atoms with Gasteiger partial charge in [-0.05, 0) is 43.2 Å². The maximum Gasteiger partial charge on any atom is 0.341 e. The van der Waals surface area contributed by atoms with Crippen molar-refractivity contribution >= 4 is 38.1 Å². The van der Waals surface area contributed by atoms with Crippen molar-refractivity contribution in [3.63, 3.8) is 0 Å². The highest BCUT2D eigenvalue weighted by molar-refractivity contribution is 7.91. The summed E-state index contributed by atoms with van der Waals surface area (Å²) >= 11 is 1.35. The van der Waals surface area contributed by atoms with Gasteiger partial charge in [0.15, 0.2) is 9.84 Å². The largest absolute Gasteiger partial charge is 0.462 e. The third-order valence-electron chi connectivity index (χ3n) is 4.82. The Balaban J connectivity index is 1.78. The third kappa shape index (κ3) is 5.45. The monoisotopic (exact) mass is 435 g/mol. The molecule has 0 saturated carbocycles. The number of benzene rings is 1. The van der Waals surface area contributed by atoms with Gasteiger partial charge in [0.25, 0.3) is 0 Å². The zero-order chi connectivity index (χ0) is 21.0. The molecule has 1 heterocycles. The number of carbonyl (C=O) groups is 2. The van der Waals surface area contributed by atoms with E-state index in [1.807, 2.05) is 0 Å². The molecule has 0 aliphatic heterocycles. The number of hydrogen-bond donors (Lipinski definition) is 1. The second-order valence-electron chi connectivity index (χ2n) is 7.34. The number of anilines is 1. The highest BCUT2D eigenvalue weighted by atomic mass is 32.2. The van der Waals surface area contributed by atoms with E-state index in [0.29, 0.717) is 22.0 Å². The summed E-state index contributed by atoms with van der Waals surface area (Å²) in [5.74, 6) is -1.45. The molecule has 1 unspecified atom stereocenters. The molecule has 156 valence electrons. The van der Waals surface area contributed by atoms with E-state index in [4.69, 9.17) is 4.74 Å². The Morgan fingerprint density at radius 1 is 1.24 bits per heavy atom. The lowest BCUT2D eigenvalue weighted by molar-refractivity contribution is -0.113. The maximum absolute atomic E-state index is 12.5. The van der Waals surface area contributed by atoms with Gasteiger partial charge in [-0.2, -0.15) is 0 Å². The quantitative estimate of drug-likeness (QED) is 0.671. The van der Waals surface area contributed by atoms with Crippen molar-refractivity contribution in [2.24, 2.45) is 5.92 Å². The summed E-state index contributed by atoms with van der Waals surface area (Å²) in [5, 5.41) is 3.05. The summed E-state index contributed by atoms with van der Waals surface area (Å²) in [6.45, 7) is 4.12. The predicted octanol–water partition coefficient (Wildman–Crippen LogP) is 3.60. The molecule has 0 saturated heterocycles. The van der Waals surface area contributed by atoms with Gasteiger partial charge in [0.2, 0.25) is 5.91 Å². The topological polar surface area (TPSA) is 89.5 Å². The molecule has 1 N–H and O–H groups in total. The number of sulfone groups is 1. The predicted molar refractivity (Wildman–Crippen MR) is 114 cm³/mol. The summed E-state index contributed by atoms with van der Waals surface area (Å²) in [7, 11) is -3.63. The van der Waals surface area contributed by atoms with E-state index in [2.05, 4.69) is 12.2 Å². The molecule has 1 aromatic heterocycles. The number of rotatable bonds is 7. The zero-order valence-corrected chi connectivity index (χ0v) is 18.2. The SMILES string of the molecule is CCOC(=O)c1c(NC(=O)CS(=O)(=O)Cc2ccccc2)sc2c1CCC(C)C2. The Morgan fingerprint density at radius 3 is 2.66 bits per heavy atom. The van der Waals surface area contributed by atoms with Gasteiger partial charge in [0, 0.05) is 4.88 Å². The smallest absolute Gasteiger partial charge is 0.341 e. The van der Waals surface area contributed by atoms with Gasteiger partial charge in [-0.15, -0.1) is 11.3 Å². The van der Waals surface area contributed by atoms with E-state index in [9.17, 15) is 18.0 Å². The Hall–Kier alpha value is -2.19. The summed E-state index contributed by atoms with van der Waals surface area (Å²) in [6, 6.07) is 8.74. The Labute approximate surface area is 175 Å². The maximum atomic E-state index is 12.5. The average molecular weight is 436 g/mol. The first-order valence-corrected chi connectivity index (χ1v) is 12.3. The number of nitrogens with one attached hydrogen (secondary N) is 1. The van der Waals surface area contributed by atoms with Crippen molar-refractivity contribution in [1.29, 1.82) is 0 Å². The normalized spacial score (nSPS) is 16.1. The van der Waals surface area contributed by atoms with Gasteiger partial charge in [0.05, 0.1) is 17.9 Å². The number of fused-ring (bicyclic) bond motifs is 1. The Kier molecular flexibility index (Phi) is 6.74. The second-order valence-corrected chi connectivity index (χ2v) is 10.5. The molecule has 1 aliphatic rings. The summed E-state index contributed by atoms with van der Waals surface area (Å²) in [4.78, 5) is 26.1. The highest BCUT2D eigenvalue weighted by Gasteiger charge is 2.29. The van der Waals surface area contributed by atoms with Gasteiger partial charge in [-0.1, -0.05) is 37.3 Å². The van der Waals surface area contributed by atoms with Crippen LogP contribution in [0.3, 0.4) is 0 Å². The van der Waals surface area contributed by atoms with Crippen LogP contribution in [0.4, 0.5) is 5.00 Å². The molecule has 0 spiro atoms. The van der Waals surface area contributed by atoms with Crippen LogP contribution < -0.4 is 5.32 Å². The number of carbonyl (C=O) groups excluding carboxylic acids is 2. The van der Waals surface area contributed by atoms with E-state index in [-0.39, 0.29) is 12.4 Å². The highest BCUT2D eigenvalue weighted by Crippen LogP contribution is 2.40.